The molecule has 152 valence electrons. The minimum Gasteiger partial charge on any atom is -0.491 e. The van der Waals surface area contributed by atoms with E-state index in [0.717, 1.165) is 16.0 Å². The molecule has 0 bridgehead atoms. The quantitative estimate of drug-likeness (QED) is 0.409. The van der Waals surface area contributed by atoms with Gasteiger partial charge in [-0.2, -0.15) is 0 Å². The largest absolute Gasteiger partial charge is 0.491 e. The van der Waals surface area contributed by atoms with Crippen LogP contribution in [0.5, 0.6) is 5.75 Å². The molecular weight excluding hydrogens is 396 g/mol. The molecule has 2 heterocycles. The summed E-state index contributed by atoms with van der Waals surface area (Å²) in [6.07, 6.45) is 1.53. The van der Waals surface area contributed by atoms with Crippen LogP contribution >= 0.6 is 11.3 Å². The van der Waals surface area contributed by atoms with Crippen molar-refractivity contribution in [2.75, 3.05) is 0 Å². The molecule has 0 atom stereocenters. The standard InChI is InChI=1S/C24H22N2O3S/c1-15(2)29-19-11-9-17(10-12-19)20(27)13-26-14-25-23-22(24(26)28)21(16(3)30-23)18-7-5-4-6-8-18/h4-12,14-15H,13H2,1-3H3. The van der Waals surface area contributed by atoms with Gasteiger partial charge in [0.15, 0.2) is 5.78 Å². The molecule has 6 heteroatoms. The fourth-order valence-corrected chi connectivity index (χ4v) is 4.44. The predicted octanol–water partition coefficient (Wildman–Crippen LogP) is 5.10. The van der Waals surface area contributed by atoms with Crippen LogP contribution in [0.25, 0.3) is 21.3 Å². The molecule has 5 nitrogen and oxygen atoms in total. The van der Waals surface area contributed by atoms with Crippen LogP contribution in [-0.2, 0) is 6.54 Å². The van der Waals surface area contributed by atoms with E-state index in [2.05, 4.69) is 4.98 Å². The molecule has 0 radical (unpaired) electrons. The van der Waals surface area contributed by atoms with Gasteiger partial charge in [-0.15, -0.1) is 11.3 Å². The molecule has 0 amide bonds. The average Bonchev–Trinajstić information content (AvgIpc) is 3.07. The Hall–Kier alpha value is -3.25. The van der Waals surface area contributed by atoms with Crippen LogP contribution in [0.2, 0.25) is 0 Å². The zero-order valence-electron chi connectivity index (χ0n) is 17.1. The fraction of sp³-hybridized carbons (Fsp3) is 0.208. The van der Waals surface area contributed by atoms with Crippen LogP contribution in [0.1, 0.15) is 29.1 Å². The van der Waals surface area contributed by atoms with Crippen molar-refractivity contribution in [3.8, 4) is 16.9 Å². The van der Waals surface area contributed by atoms with Gasteiger partial charge in [0.25, 0.3) is 5.56 Å². The number of hydrogen-bond donors (Lipinski definition) is 0. The van der Waals surface area contributed by atoms with E-state index in [0.29, 0.717) is 21.5 Å². The Morgan fingerprint density at radius 2 is 1.80 bits per heavy atom. The third-order valence-electron chi connectivity index (χ3n) is 4.78. The first-order valence-electron chi connectivity index (χ1n) is 9.78. The molecule has 4 aromatic rings. The Morgan fingerprint density at radius 1 is 1.10 bits per heavy atom. The normalized spacial score (nSPS) is 11.2. The molecule has 30 heavy (non-hydrogen) atoms. The lowest BCUT2D eigenvalue weighted by molar-refractivity contribution is 0.0970. The summed E-state index contributed by atoms with van der Waals surface area (Å²) in [5.41, 5.74) is 2.20. The number of aryl methyl sites for hydroxylation is 1. The van der Waals surface area contributed by atoms with E-state index < -0.39 is 0 Å². The average molecular weight is 419 g/mol. The number of carbonyl (C=O) groups excluding carboxylic acids is 1. The molecule has 0 aliphatic heterocycles. The van der Waals surface area contributed by atoms with E-state index in [1.807, 2.05) is 51.1 Å². The molecule has 0 fully saturated rings. The van der Waals surface area contributed by atoms with Crippen molar-refractivity contribution in [2.45, 2.75) is 33.4 Å². The molecule has 2 aromatic carbocycles. The van der Waals surface area contributed by atoms with Crippen molar-refractivity contribution in [3.63, 3.8) is 0 Å². The van der Waals surface area contributed by atoms with Gasteiger partial charge < -0.3 is 4.74 Å². The Balaban J connectivity index is 1.68. The van der Waals surface area contributed by atoms with Crippen molar-refractivity contribution in [1.29, 1.82) is 0 Å². The Kier molecular flexibility index (Phi) is 5.50. The number of ether oxygens (including phenoxy) is 1. The molecule has 0 spiro atoms. The van der Waals surface area contributed by atoms with Gasteiger partial charge in [0, 0.05) is 16.0 Å². The summed E-state index contributed by atoms with van der Waals surface area (Å²) in [6, 6.07) is 16.8. The number of ketones is 1. The zero-order valence-corrected chi connectivity index (χ0v) is 17.9. The number of aromatic nitrogens is 2. The third-order valence-corrected chi connectivity index (χ3v) is 5.79. The number of fused-ring (bicyclic) bond motifs is 1. The van der Waals surface area contributed by atoms with Crippen molar-refractivity contribution in [3.05, 3.63) is 81.7 Å². The summed E-state index contributed by atoms with van der Waals surface area (Å²) < 4.78 is 7.01. The molecule has 0 saturated carbocycles. The molecular formula is C24H22N2O3S. The first-order valence-corrected chi connectivity index (χ1v) is 10.6. The van der Waals surface area contributed by atoms with Crippen molar-refractivity contribution in [1.82, 2.24) is 9.55 Å². The lowest BCUT2D eigenvalue weighted by Crippen LogP contribution is -2.24. The summed E-state index contributed by atoms with van der Waals surface area (Å²) in [4.78, 5) is 32.2. The maximum absolute atomic E-state index is 13.2. The zero-order chi connectivity index (χ0) is 21.3. The minimum atomic E-state index is -0.198. The van der Waals surface area contributed by atoms with Gasteiger partial charge >= 0.3 is 0 Å². The first kappa shape index (κ1) is 20.0. The number of thiophene rings is 1. The third kappa shape index (κ3) is 3.91. The molecule has 0 aliphatic carbocycles. The summed E-state index contributed by atoms with van der Waals surface area (Å²) in [6.45, 7) is 5.83. The Morgan fingerprint density at radius 3 is 2.47 bits per heavy atom. The number of benzene rings is 2. The van der Waals surface area contributed by atoms with E-state index in [4.69, 9.17) is 4.74 Å². The number of hydrogen-bond acceptors (Lipinski definition) is 5. The van der Waals surface area contributed by atoms with E-state index in [9.17, 15) is 9.59 Å². The van der Waals surface area contributed by atoms with E-state index in [1.165, 1.54) is 22.2 Å². The van der Waals surface area contributed by atoms with Crippen molar-refractivity contribution < 1.29 is 9.53 Å². The number of Topliss-reactive ketones (excluding diaryl/α,β-unsaturated/α-hetero) is 1. The molecule has 0 N–H and O–H groups in total. The topological polar surface area (TPSA) is 61.2 Å². The van der Waals surface area contributed by atoms with Crippen LogP contribution in [0.15, 0.2) is 65.7 Å². The molecule has 0 saturated heterocycles. The van der Waals surface area contributed by atoms with E-state index >= 15 is 0 Å². The second-order valence-electron chi connectivity index (χ2n) is 7.37. The maximum Gasteiger partial charge on any atom is 0.263 e. The Labute approximate surface area is 178 Å². The molecule has 0 unspecified atom stereocenters. The molecule has 2 aromatic heterocycles. The van der Waals surface area contributed by atoms with Crippen LogP contribution in [0.3, 0.4) is 0 Å². The Bertz CT molecular complexity index is 1260. The number of rotatable bonds is 6. The molecule has 4 rings (SSSR count). The van der Waals surface area contributed by atoms with Gasteiger partial charge in [0.1, 0.15) is 10.6 Å². The number of nitrogens with zero attached hydrogens (tertiary/aromatic N) is 2. The van der Waals surface area contributed by atoms with Gasteiger partial charge in [-0.25, -0.2) is 4.98 Å². The SMILES string of the molecule is Cc1sc2ncn(CC(=O)c3ccc(OC(C)C)cc3)c(=O)c2c1-c1ccccc1. The predicted molar refractivity (Wildman–Crippen MR) is 121 cm³/mol. The minimum absolute atomic E-state index is 0.0602. The van der Waals surface area contributed by atoms with Gasteiger partial charge in [-0.3, -0.25) is 14.2 Å². The van der Waals surface area contributed by atoms with Crippen LogP contribution < -0.4 is 10.3 Å². The van der Waals surface area contributed by atoms with Gasteiger partial charge in [-0.05, 0) is 50.6 Å². The highest BCUT2D eigenvalue weighted by atomic mass is 32.1. The maximum atomic E-state index is 13.2. The first-order chi connectivity index (χ1) is 14.4. The van der Waals surface area contributed by atoms with Gasteiger partial charge in [0.2, 0.25) is 0 Å². The second kappa shape index (κ2) is 8.24. The lowest BCUT2D eigenvalue weighted by Gasteiger charge is -2.10. The van der Waals surface area contributed by atoms with Crippen LogP contribution in [-0.4, -0.2) is 21.4 Å². The second-order valence-corrected chi connectivity index (χ2v) is 8.57. The monoisotopic (exact) mass is 418 g/mol. The van der Waals surface area contributed by atoms with Gasteiger partial charge in [0.05, 0.1) is 24.4 Å². The lowest BCUT2D eigenvalue weighted by atomic mass is 10.0. The highest BCUT2D eigenvalue weighted by molar-refractivity contribution is 7.19. The summed E-state index contributed by atoms with van der Waals surface area (Å²) in [5, 5.41) is 0.569. The smallest absolute Gasteiger partial charge is 0.263 e. The highest BCUT2D eigenvalue weighted by Crippen LogP contribution is 2.35. The summed E-state index contributed by atoms with van der Waals surface area (Å²) in [7, 11) is 0. The molecule has 0 aliphatic rings. The van der Waals surface area contributed by atoms with Crippen LogP contribution in [0.4, 0.5) is 0 Å². The van der Waals surface area contributed by atoms with Crippen molar-refractivity contribution >= 4 is 27.3 Å². The number of carbonyl (C=O) groups is 1. The van der Waals surface area contributed by atoms with E-state index in [-0.39, 0.29) is 24.0 Å². The summed E-state index contributed by atoms with van der Waals surface area (Å²) in [5.74, 6) is 0.561. The fourth-order valence-electron chi connectivity index (χ4n) is 3.44. The van der Waals surface area contributed by atoms with Crippen molar-refractivity contribution in [2.24, 2.45) is 0 Å². The summed E-state index contributed by atoms with van der Waals surface area (Å²) >= 11 is 1.49. The van der Waals surface area contributed by atoms with E-state index in [1.54, 1.807) is 24.3 Å². The van der Waals surface area contributed by atoms with Crippen LogP contribution in [0, 0.1) is 6.92 Å². The highest BCUT2D eigenvalue weighted by Gasteiger charge is 2.18. The van der Waals surface area contributed by atoms with Gasteiger partial charge in [-0.1, -0.05) is 30.3 Å².